The van der Waals surface area contributed by atoms with Crippen molar-refractivity contribution in [3.8, 4) is 28.8 Å². The summed E-state index contributed by atoms with van der Waals surface area (Å²) in [5.74, 6) is 1.07. The zero-order valence-corrected chi connectivity index (χ0v) is 21.8. The second-order valence-corrected chi connectivity index (χ2v) is 10.0. The lowest BCUT2D eigenvalue weighted by Gasteiger charge is -2.23. The fraction of sp³-hybridized carbons (Fsp3) is 0.292. The Morgan fingerprint density at radius 3 is 2.41 bits per heavy atom. The average Bonchev–Trinajstić information content (AvgIpc) is 3.32. The van der Waals surface area contributed by atoms with Crippen molar-refractivity contribution >= 4 is 16.0 Å². The Bertz CT molecular complexity index is 1480. The largest absolute Gasteiger partial charge is 0.495 e. The molecule has 0 radical (unpaired) electrons. The van der Waals surface area contributed by atoms with Gasteiger partial charge in [0.25, 0.3) is 0 Å². The van der Waals surface area contributed by atoms with Gasteiger partial charge in [-0.1, -0.05) is 18.2 Å². The highest BCUT2D eigenvalue weighted by Gasteiger charge is 2.34. The second kappa shape index (κ2) is 10.9. The van der Waals surface area contributed by atoms with Crippen LogP contribution in [-0.4, -0.2) is 64.7 Å². The van der Waals surface area contributed by atoms with E-state index in [1.807, 2.05) is 0 Å². The van der Waals surface area contributed by atoms with Crippen LogP contribution in [0, 0.1) is 6.92 Å². The van der Waals surface area contributed by atoms with Crippen molar-refractivity contribution in [2.75, 3.05) is 26.1 Å². The maximum atomic E-state index is 13.5. The Morgan fingerprint density at radius 1 is 0.946 bits per heavy atom. The highest BCUT2D eigenvalue weighted by Crippen LogP contribution is 2.32. The standard InChI is InChI=1S/C24H27N7O5S/c1-15-13-26-18(14-25-15)22(36-5)16(2)37(32,33)30-24-29-28-23(17-9-8-12-21(27-17)35-4)31(24)19-10-6-7-11-20(19)34-3/h6-14,16,22H,1-5H3,(H,29,30)/t16-,22-/m0/s1. The third kappa shape index (κ3) is 5.37. The summed E-state index contributed by atoms with van der Waals surface area (Å²) < 4.78 is 47.4. The number of para-hydroxylation sites is 2. The van der Waals surface area contributed by atoms with Gasteiger partial charge in [-0.05, 0) is 32.0 Å². The topological polar surface area (TPSA) is 143 Å². The SMILES string of the molecule is COc1cccc(-c2nnc(NS(=O)(=O)[C@@H](C)[C@H](OC)c3cnc(C)cn3)n2-c2ccccc2OC)n1. The van der Waals surface area contributed by atoms with Crippen LogP contribution in [0.5, 0.6) is 11.6 Å². The predicted molar refractivity (Wildman–Crippen MR) is 136 cm³/mol. The van der Waals surface area contributed by atoms with E-state index in [2.05, 4.69) is 29.9 Å². The molecule has 4 rings (SSSR count). The number of nitrogens with zero attached hydrogens (tertiary/aromatic N) is 6. The summed E-state index contributed by atoms with van der Waals surface area (Å²) in [4.78, 5) is 12.9. The van der Waals surface area contributed by atoms with E-state index in [0.29, 0.717) is 34.4 Å². The Morgan fingerprint density at radius 2 is 1.73 bits per heavy atom. The number of methoxy groups -OCH3 is 3. The first-order valence-corrected chi connectivity index (χ1v) is 12.8. The van der Waals surface area contributed by atoms with Crippen molar-refractivity contribution in [1.29, 1.82) is 0 Å². The van der Waals surface area contributed by atoms with Crippen molar-refractivity contribution < 1.29 is 22.6 Å². The zero-order valence-electron chi connectivity index (χ0n) is 21.0. The van der Waals surface area contributed by atoms with Crippen LogP contribution in [0.3, 0.4) is 0 Å². The highest BCUT2D eigenvalue weighted by atomic mass is 32.2. The Labute approximate surface area is 214 Å². The van der Waals surface area contributed by atoms with E-state index in [1.165, 1.54) is 39.0 Å². The lowest BCUT2D eigenvalue weighted by atomic mass is 10.2. The zero-order chi connectivity index (χ0) is 26.6. The van der Waals surface area contributed by atoms with Crippen LogP contribution >= 0.6 is 0 Å². The van der Waals surface area contributed by atoms with Crippen LogP contribution < -0.4 is 14.2 Å². The van der Waals surface area contributed by atoms with Gasteiger partial charge in [-0.15, -0.1) is 10.2 Å². The van der Waals surface area contributed by atoms with Gasteiger partial charge in [0.05, 0.1) is 37.5 Å². The first-order valence-electron chi connectivity index (χ1n) is 11.2. The fourth-order valence-corrected chi connectivity index (χ4v) is 4.85. The lowest BCUT2D eigenvalue weighted by molar-refractivity contribution is 0.0985. The number of benzene rings is 1. The van der Waals surface area contributed by atoms with Gasteiger partial charge in [-0.3, -0.25) is 19.3 Å². The van der Waals surface area contributed by atoms with Crippen LogP contribution in [0.2, 0.25) is 0 Å². The molecule has 37 heavy (non-hydrogen) atoms. The Kier molecular flexibility index (Phi) is 7.64. The molecule has 0 spiro atoms. The number of aromatic nitrogens is 6. The average molecular weight is 526 g/mol. The van der Waals surface area contributed by atoms with Crippen molar-refractivity contribution in [1.82, 2.24) is 29.7 Å². The normalized spacial score (nSPS) is 13.1. The van der Waals surface area contributed by atoms with Crippen molar-refractivity contribution in [2.45, 2.75) is 25.2 Å². The van der Waals surface area contributed by atoms with Gasteiger partial charge in [0, 0.05) is 19.4 Å². The number of hydrogen-bond donors (Lipinski definition) is 1. The van der Waals surface area contributed by atoms with Crippen LogP contribution in [0.4, 0.5) is 5.95 Å². The molecule has 0 fully saturated rings. The van der Waals surface area contributed by atoms with Gasteiger partial charge in [0.15, 0.2) is 5.82 Å². The molecular formula is C24H27N7O5S. The molecule has 1 N–H and O–H groups in total. The van der Waals surface area contributed by atoms with Crippen LogP contribution in [0.1, 0.15) is 24.4 Å². The number of ether oxygens (including phenoxy) is 3. The molecule has 0 saturated carbocycles. The minimum Gasteiger partial charge on any atom is -0.495 e. The van der Waals surface area contributed by atoms with Crippen molar-refractivity contribution in [3.63, 3.8) is 0 Å². The summed E-state index contributed by atoms with van der Waals surface area (Å²) in [6.45, 7) is 3.31. The molecule has 0 aliphatic carbocycles. The van der Waals surface area contributed by atoms with Gasteiger partial charge < -0.3 is 14.2 Å². The summed E-state index contributed by atoms with van der Waals surface area (Å²) in [6.07, 6.45) is 2.17. The number of hydrogen-bond acceptors (Lipinski definition) is 10. The van der Waals surface area contributed by atoms with Crippen LogP contribution in [0.25, 0.3) is 17.2 Å². The number of rotatable bonds is 10. The van der Waals surface area contributed by atoms with Gasteiger partial charge in [0.2, 0.25) is 21.9 Å². The molecule has 194 valence electrons. The molecule has 0 amide bonds. The molecule has 12 nitrogen and oxygen atoms in total. The number of anilines is 1. The van der Waals surface area contributed by atoms with E-state index >= 15 is 0 Å². The summed E-state index contributed by atoms with van der Waals surface area (Å²) in [7, 11) is 0.373. The predicted octanol–water partition coefficient (Wildman–Crippen LogP) is 2.96. The maximum absolute atomic E-state index is 13.5. The van der Waals surface area contributed by atoms with Gasteiger partial charge in [-0.2, -0.15) is 0 Å². The Balaban J connectivity index is 1.79. The van der Waals surface area contributed by atoms with Crippen LogP contribution in [-0.2, 0) is 14.8 Å². The molecule has 0 bridgehead atoms. The third-order valence-electron chi connectivity index (χ3n) is 5.65. The molecule has 1 aromatic carbocycles. The second-order valence-electron chi connectivity index (χ2n) is 8.01. The molecule has 0 aliphatic rings. The molecule has 2 atom stereocenters. The third-order valence-corrected chi connectivity index (χ3v) is 7.34. The van der Waals surface area contributed by atoms with E-state index in [0.717, 1.165) is 0 Å². The van der Waals surface area contributed by atoms with Gasteiger partial charge in [-0.25, -0.2) is 13.4 Å². The highest BCUT2D eigenvalue weighted by molar-refractivity contribution is 7.93. The van der Waals surface area contributed by atoms with E-state index in [9.17, 15) is 8.42 Å². The summed E-state index contributed by atoms with van der Waals surface area (Å²) in [5.41, 5.74) is 2.02. The number of aryl methyl sites for hydroxylation is 1. The monoisotopic (exact) mass is 525 g/mol. The summed E-state index contributed by atoms with van der Waals surface area (Å²) in [6, 6.07) is 12.3. The first-order chi connectivity index (χ1) is 17.8. The smallest absolute Gasteiger partial charge is 0.243 e. The molecule has 0 aliphatic heterocycles. The first kappa shape index (κ1) is 26.0. The lowest BCUT2D eigenvalue weighted by Crippen LogP contribution is -2.33. The van der Waals surface area contributed by atoms with Gasteiger partial charge >= 0.3 is 0 Å². The van der Waals surface area contributed by atoms with E-state index in [4.69, 9.17) is 14.2 Å². The maximum Gasteiger partial charge on any atom is 0.243 e. The summed E-state index contributed by atoms with van der Waals surface area (Å²) in [5, 5.41) is 7.34. The van der Waals surface area contributed by atoms with Gasteiger partial charge in [0.1, 0.15) is 22.8 Å². The molecule has 0 unspecified atom stereocenters. The van der Waals surface area contributed by atoms with Crippen molar-refractivity contribution in [3.05, 3.63) is 66.2 Å². The number of nitrogens with one attached hydrogen (secondary N) is 1. The molecular weight excluding hydrogens is 498 g/mol. The number of sulfonamides is 1. The van der Waals surface area contributed by atoms with E-state index < -0.39 is 21.4 Å². The molecule has 4 aromatic rings. The molecule has 3 aromatic heterocycles. The minimum absolute atomic E-state index is 0.0548. The summed E-state index contributed by atoms with van der Waals surface area (Å²) >= 11 is 0. The molecule has 13 heteroatoms. The van der Waals surface area contributed by atoms with Crippen LogP contribution in [0.15, 0.2) is 54.9 Å². The quantitative estimate of drug-likeness (QED) is 0.328. The fourth-order valence-electron chi connectivity index (χ4n) is 3.70. The van der Waals surface area contributed by atoms with E-state index in [-0.39, 0.29) is 11.8 Å². The molecule has 3 heterocycles. The molecule has 0 saturated heterocycles. The minimum atomic E-state index is -4.07. The van der Waals surface area contributed by atoms with Crippen molar-refractivity contribution in [2.24, 2.45) is 0 Å². The van der Waals surface area contributed by atoms with E-state index in [1.54, 1.807) is 55.6 Å². The number of pyridine rings is 1. The Hall–Kier alpha value is -4.10.